The van der Waals surface area contributed by atoms with Crippen molar-refractivity contribution >= 4 is 54.5 Å². The minimum atomic E-state index is -3.74. The van der Waals surface area contributed by atoms with E-state index >= 15 is 0 Å². The first-order valence-corrected chi connectivity index (χ1v) is 14.2. The summed E-state index contributed by atoms with van der Waals surface area (Å²) in [5, 5.41) is 5.60. The number of nitrogens with zero attached hydrogens (tertiary/aromatic N) is 2. The molecule has 0 aliphatic rings. The van der Waals surface area contributed by atoms with Crippen LogP contribution in [-0.2, 0) is 21.4 Å². The molecule has 1 amide bonds. The summed E-state index contributed by atoms with van der Waals surface area (Å²) < 4.78 is 38.3. The van der Waals surface area contributed by atoms with Crippen molar-refractivity contribution in [1.82, 2.24) is 5.43 Å². The summed E-state index contributed by atoms with van der Waals surface area (Å²) in [6, 6.07) is 26.0. The van der Waals surface area contributed by atoms with Crippen molar-refractivity contribution in [3.05, 3.63) is 101 Å². The summed E-state index contributed by atoms with van der Waals surface area (Å²) in [7, 11) is -2.21. The van der Waals surface area contributed by atoms with Crippen LogP contribution in [0.25, 0.3) is 10.8 Å². The van der Waals surface area contributed by atoms with Crippen molar-refractivity contribution in [2.24, 2.45) is 5.10 Å². The molecular formula is C28H26BrN3O5S. The number of hydrogen-bond acceptors (Lipinski definition) is 6. The zero-order chi connectivity index (χ0) is 27.1. The predicted molar refractivity (Wildman–Crippen MR) is 153 cm³/mol. The average Bonchev–Trinajstić information content (AvgIpc) is 2.90. The number of benzene rings is 4. The van der Waals surface area contributed by atoms with Crippen molar-refractivity contribution in [1.29, 1.82) is 0 Å². The van der Waals surface area contributed by atoms with Crippen molar-refractivity contribution in [2.45, 2.75) is 6.61 Å². The minimum absolute atomic E-state index is 0.368. The number of sulfonamides is 1. The van der Waals surface area contributed by atoms with Gasteiger partial charge in [-0.25, -0.2) is 13.8 Å². The minimum Gasteiger partial charge on any atom is -0.493 e. The maximum absolute atomic E-state index is 12.7. The van der Waals surface area contributed by atoms with Crippen molar-refractivity contribution < 1.29 is 22.7 Å². The van der Waals surface area contributed by atoms with Crippen LogP contribution in [0.1, 0.15) is 11.1 Å². The first kappa shape index (κ1) is 27.2. The molecule has 8 nitrogen and oxygen atoms in total. The number of methoxy groups -OCH3 is 1. The molecule has 0 aliphatic carbocycles. The fourth-order valence-corrected chi connectivity index (χ4v) is 5.28. The molecule has 196 valence electrons. The van der Waals surface area contributed by atoms with E-state index in [1.54, 1.807) is 24.3 Å². The summed E-state index contributed by atoms with van der Waals surface area (Å²) >= 11 is 3.51. The van der Waals surface area contributed by atoms with E-state index in [0.29, 0.717) is 33.8 Å². The Labute approximate surface area is 230 Å². The molecule has 10 heteroatoms. The number of halogens is 1. The van der Waals surface area contributed by atoms with Crippen LogP contribution in [0.2, 0.25) is 0 Å². The van der Waals surface area contributed by atoms with E-state index in [4.69, 9.17) is 9.47 Å². The Morgan fingerprint density at radius 1 is 1.03 bits per heavy atom. The van der Waals surface area contributed by atoms with Gasteiger partial charge in [0.25, 0.3) is 5.91 Å². The van der Waals surface area contributed by atoms with Gasteiger partial charge in [-0.1, -0.05) is 66.7 Å². The number of carbonyl (C=O) groups excluding carboxylic acids is 1. The lowest BCUT2D eigenvalue weighted by Crippen LogP contribution is -2.39. The second-order valence-corrected chi connectivity index (χ2v) is 11.1. The lowest BCUT2D eigenvalue weighted by Gasteiger charge is -2.23. The first-order chi connectivity index (χ1) is 18.3. The third-order valence-electron chi connectivity index (χ3n) is 5.60. The summed E-state index contributed by atoms with van der Waals surface area (Å²) in [5.41, 5.74) is 4.48. The molecule has 0 heterocycles. The van der Waals surface area contributed by atoms with E-state index in [1.165, 1.54) is 13.3 Å². The Balaban J connectivity index is 1.46. The van der Waals surface area contributed by atoms with Crippen LogP contribution in [0.3, 0.4) is 0 Å². The predicted octanol–water partition coefficient (Wildman–Crippen LogP) is 5.11. The molecule has 0 atom stereocenters. The molecule has 38 heavy (non-hydrogen) atoms. The van der Waals surface area contributed by atoms with E-state index < -0.39 is 22.5 Å². The van der Waals surface area contributed by atoms with Gasteiger partial charge in [-0.15, -0.1) is 0 Å². The molecule has 1 N–H and O–H groups in total. The number of nitrogens with one attached hydrogen (secondary N) is 1. The molecule has 4 rings (SSSR count). The van der Waals surface area contributed by atoms with Crippen LogP contribution in [0.4, 0.5) is 5.69 Å². The monoisotopic (exact) mass is 595 g/mol. The standard InChI is InChI=1S/C28H26BrN3O5S/c1-36-26-16-21(15-24(29)28(26)37-19-20-9-4-3-5-10-20)17-30-31-27(33)18-32(38(2,34)35)25-14-8-12-22-11-6-7-13-23(22)25/h3-17H,18-19H2,1-2H3,(H,31,33)/b30-17-. The fraction of sp³-hybridized carbons (Fsp3) is 0.143. The lowest BCUT2D eigenvalue weighted by molar-refractivity contribution is -0.119. The number of fused-ring (bicyclic) bond motifs is 1. The Kier molecular flexibility index (Phi) is 8.65. The van der Waals surface area contributed by atoms with Crippen LogP contribution in [-0.4, -0.2) is 40.4 Å². The number of hydrazone groups is 1. The normalized spacial score (nSPS) is 11.4. The highest BCUT2D eigenvalue weighted by molar-refractivity contribution is 9.10. The second kappa shape index (κ2) is 12.1. The fourth-order valence-electron chi connectivity index (χ4n) is 3.84. The van der Waals surface area contributed by atoms with Gasteiger partial charge in [-0.2, -0.15) is 5.10 Å². The van der Waals surface area contributed by atoms with E-state index in [1.807, 2.05) is 60.7 Å². The molecule has 4 aromatic carbocycles. The molecule has 0 radical (unpaired) electrons. The second-order valence-electron chi connectivity index (χ2n) is 8.37. The largest absolute Gasteiger partial charge is 0.493 e. The van der Waals surface area contributed by atoms with Gasteiger partial charge < -0.3 is 9.47 Å². The molecule has 0 aliphatic heterocycles. The number of rotatable bonds is 10. The van der Waals surface area contributed by atoms with Gasteiger partial charge in [0.2, 0.25) is 10.0 Å². The molecule has 4 aromatic rings. The maximum Gasteiger partial charge on any atom is 0.260 e. The highest BCUT2D eigenvalue weighted by atomic mass is 79.9. The molecule has 0 saturated heterocycles. The summed E-state index contributed by atoms with van der Waals surface area (Å²) in [6.07, 6.45) is 2.51. The molecule has 0 unspecified atom stereocenters. The van der Waals surface area contributed by atoms with Gasteiger partial charge in [0.05, 0.1) is 29.7 Å². The summed E-state index contributed by atoms with van der Waals surface area (Å²) in [4.78, 5) is 12.7. The van der Waals surface area contributed by atoms with Gasteiger partial charge in [-0.3, -0.25) is 9.10 Å². The summed E-state index contributed by atoms with van der Waals surface area (Å²) in [5.74, 6) is 0.437. The smallest absolute Gasteiger partial charge is 0.260 e. The van der Waals surface area contributed by atoms with E-state index in [2.05, 4.69) is 26.5 Å². The van der Waals surface area contributed by atoms with Gasteiger partial charge in [0.1, 0.15) is 13.2 Å². The average molecular weight is 597 g/mol. The Bertz CT molecular complexity index is 1570. The van der Waals surface area contributed by atoms with Crippen molar-refractivity contribution in [2.75, 3.05) is 24.2 Å². The Hall–Kier alpha value is -3.89. The number of carbonyl (C=O) groups is 1. The third-order valence-corrected chi connectivity index (χ3v) is 7.32. The first-order valence-electron chi connectivity index (χ1n) is 11.6. The van der Waals surface area contributed by atoms with E-state index in [0.717, 1.165) is 26.9 Å². The molecule has 0 saturated carbocycles. The van der Waals surface area contributed by atoms with Crippen LogP contribution >= 0.6 is 15.9 Å². The van der Waals surface area contributed by atoms with Crippen LogP contribution in [0.5, 0.6) is 11.5 Å². The van der Waals surface area contributed by atoms with Crippen LogP contribution in [0, 0.1) is 0 Å². The zero-order valence-corrected chi connectivity index (χ0v) is 23.2. The molecule has 0 bridgehead atoms. The van der Waals surface area contributed by atoms with Crippen LogP contribution < -0.4 is 19.2 Å². The van der Waals surface area contributed by atoms with E-state index in [9.17, 15) is 13.2 Å². The number of anilines is 1. The molecule has 0 aromatic heterocycles. The van der Waals surface area contributed by atoms with Crippen molar-refractivity contribution in [3.8, 4) is 11.5 Å². The third kappa shape index (κ3) is 6.70. The SMILES string of the molecule is COc1cc(/C=N\NC(=O)CN(c2cccc3ccccc23)S(C)(=O)=O)cc(Br)c1OCc1ccccc1. The molecule has 0 spiro atoms. The topological polar surface area (TPSA) is 97.3 Å². The highest BCUT2D eigenvalue weighted by Gasteiger charge is 2.22. The highest BCUT2D eigenvalue weighted by Crippen LogP contribution is 2.37. The van der Waals surface area contributed by atoms with Gasteiger partial charge >= 0.3 is 0 Å². The Morgan fingerprint density at radius 2 is 1.74 bits per heavy atom. The summed E-state index contributed by atoms with van der Waals surface area (Å²) in [6.45, 7) is -0.0592. The molecule has 0 fully saturated rings. The molecular weight excluding hydrogens is 570 g/mol. The van der Waals surface area contributed by atoms with Gasteiger partial charge in [0.15, 0.2) is 11.5 Å². The quantitative estimate of drug-likeness (QED) is 0.203. The zero-order valence-electron chi connectivity index (χ0n) is 20.8. The maximum atomic E-state index is 12.7. The van der Waals surface area contributed by atoms with Crippen LogP contribution in [0.15, 0.2) is 94.5 Å². The number of hydrogen-bond donors (Lipinski definition) is 1. The van der Waals surface area contributed by atoms with Gasteiger partial charge in [0, 0.05) is 5.39 Å². The van der Waals surface area contributed by atoms with Crippen molar-refractivity contribution in [3.63, 3.8) is 0 Å². The van der Waals surface area contributed by atoms with E-state index in [-0.39, 0.29) is 0 Å². The lowest BCUT2D eigenvalue weighted by atomic mass is 10.1. The number of amides is 1. The Morgan fingerprint density at radius 3 is 2.47 bits per heavy atom. The number of ether oxygens (including phenoxy) is 2. The van der Waals surface area contributed by atoms with Gasteiger partial charge in [-0.05, 0) is 50.6 Å².